The van der Waals surface area contributed by atoms with Crippen molar-refractivity contribution >= 4 is 28.3 Å². The van der Waals surface area contributed by atoms with E-state index >= 15 is 0 Å². The van der Waals surface area contributed by atoms with Crippen LogP contribution in [-0.4, -0.2) is 22.6 Å². The van der Waals surface area contributed by atoms with Crippen molar-refractivity contribution in [1.82, 2.24) is 10.3 Å². The summed E-state index contributed by atoms with van der Waals surface area (Å²) in [5.74, 6) is 0. The lowest BCUT2D eigenvalue weighted by Crippen LogP contribution is -2.58. The third-order valence-corrected chi connectivity index (χ3v) is 1.65. The Bertz CT molecular complexity index is 237. The Morgan fingerprint density at radius 2 is 1.67 bits per heavy atom. The van der Waals surface area contributed by atoms with Crippen LogP contribution in [-0.2, 0) is 0 Å². The minimum absolute atomic E-state index is 1.13. The molecule has 0 aliphatic carbocycles. The van der Waals surface area contributed by atoms with Gasteiger partial charge >= 0.3 is 15.1 Å². The van der Waals surface area contributed by atoms with Crippen LogP contribution >= 0.6 is 0 Å². The van der Waals surface area contributed by atoms with Gasteiger partial charge in [-0.15, -0.1) is 0 Å². The second-order valence-electron chi connectivity index (χ2n) is 2.48. The van der Waals surface area contributed by atoms with Gasteiger partial charge < -0.3 is 15.0 Å². The van der Waals surface area contributed by atoms with Gasteiger partial charge in [-0.25, -0.2) is 0 Å². The highest BCUT2D eigenvalue weighted by atomic mass is 15.1. The number of nitrogens with one attached hydrogen (secondary N) is 2. The molecule has 1 aromatic carbocycles. The second-order valence-corrected chi connectivity index (χ2v) is 2.48. The van der Waals surface area contributed by atoms with Crippen LogP contribution in [0.25, 0.3) is 0 Å². The van der Waals surface area contributed by atoms with Crippen LogP contribution < -0.4 is 15.0 Å². The molecule has 0 atom stereocenters. The van der Waals surface area contributed by atoms with E-state index in [0.717, 1.165) is 5.69 Å². The maximum atomic E-state index is 2.97. The number of benzene rings is 1. The molecule has 0 unspecified atom stereocenters. The van der Waals surface area contributed by atoms with Crippen molar-refractivity contribution in [2.75, 3.05) is 4.72 Å². The van der Waals surface area contributed by atoms with E-state index < -0.39 is 0 Å². The molecule has 2 rings (SSSR count). The quantitative estimate of drug-likeness (QED) is 0.522. The van der Waals surface area contributed by atoms with Crippen molar-refractivity contribution in [3.8, 4) is 0 Å². The van der Waals surface area contributed by atoms with Crippen molar-refractivity contribution in [3.05, 3.63) is 30.3 Å². The molecule has 3 radical (unpaired) electrons. The molecule has 55 valence electrons. The topological polar surface area (TPSA) is 27.3 Å². The zero-order valence-electron chi connectivity index (χ0n) is 6.57. The minimum atomic E-state index is 1.13. The summed E-state index contributed by atoms with van der Waals surface area (Å²) in [4.78, 5) is 0. The van der Waals surface area contributed by atoms with E-state index in [0.29, 0.717) is 0 Å². The predicted molar refractivity (Wildman–Crippen MR) is 52.5 cm³/mol. The molecule has 3 nitrogen and oxygen atoms in total. The summed E-state index contributed by atoms with van der Waals surface area (Å²) in [6.07, 6.45) is 0. The van der Waals surface area contributed by atoms with Crippen LogP contribution in [0.3, 0.4) is 0 Å². The van der Waals surface area contributed by atoms with Crippen molar-refractivity contribution < 1.29 is 0 Å². The van der Waals surface area contributed by atoms with E-state index in [9.17, 15) is 0 Å². The standard InChI is InChI=1S/C6H7B3N3/c1-2-4-6(5-3-1)12-8-10-7-11-9-12/h1-5,10-11H. The van der Waals surface area contributed by atoms with Crippen molar-refractivity contribution in [3.63, 3.8) is 0 Å². The first-order valence-electron chi connectivity index (χ1n) is 3.81. The van der Waals surface area contributed by atoms with Crippen LogP contribution in [0.1, 0.15) is 0 Å². The lowest BCUT2D eigenvalue weighted by Gasteiger charge is -2.27. The Morgan fingerprint density at radius 1 is 1.00 bits per heavy atom. The van der Waals surface area contributed by atoms with Gasteiger partial charge in [0, 0.05) is 5.69 Å². The van der Waals surface area contributed by atoms with Crippen LogP contribution in [0.2, 0.25) is 0 Å². The van der Waals surface area contributed by atoms with Gasteiger partial charge in [-0.1, -0.05) is 18.2 Å². The van der Waals surface area contributed by atoms with Gasteiger partial charge in [0.2, 0.25) is 0 Å². The molecule has 1 aliphatic heterocycles. The van der Waals surface area contributed by atoms with Crippen molar-refractivity contribution in [2.24, 2.45) is 0 Å². The number of anilines is 1. The van der Waals surface area contributed by atoms with Crippen LogP contribution in [0, 0.1) is 0 Å². The Hall–Kier alpha value is -0.865. The van der Waals surface area contributed by atoms with Crippen LogP contribution in [0.15, 0.2) is 30.3 Å². The Balaban J connectivity index is 2.08. The highest BCUT2D eigenvalue weighted by Crippen LogP contribution is 2.09. The van der Waals surface area contributed by atoms with Crippen LogP contribution in [0.4, 0.5) is 5.69 Å². The smallest absolute Gasteiger partial charge is 0.324 e. The fourth-order valence-corrected chi connectivity index (χ4v) is 1.07. The first-order chi connectivity index (χ1) is 5.97. The van der Waals surface area contributed by atoms with Crippen LogP contribution in [0.5, 0.6) is 0 Å². The fraction of sp³-hybridized carbons (Fsp3) is 0. The summed E-state index contributed by atoms with van der Waals surface area (Å²) in [7, 11) is 5.52. The predicted octanol–water partition coefficient (Wildman–Crippen LogP) is -0.712. The zero-order valence-corrected chi connectivity index (χ0v) is 6.57. The number of rotatable bonds is 1. The van der Waals surface area contributed by atoms with E-state index in [1.165, 1.54) is 0 Å². The summed E-state index contributed by atoms with van der Waals surface area (Å²) in [5, 5.41) is 5.93. The Kier molecular flexibility index (Phi) is 2.39. The monoisotopic (exact) mass is 154 g/mol. The summed E-state index contributed by atoms with van der Waals surface area (Å²) < 4.78 is 1.97. The number of para-hydroxylation sites is 1. The summed E-state index contributed by atoms with van der Waals surface area (Å²) in [6.45, 7) is 0. The molecule has 1 aliphatic rings. The molecule has 1 saturated heterocycles. The normalized spacial score (nSPS) is 15.8. The summed E-state index contributed by atoms with van der Waals surface area (Å²) in [5.41, 5.74) is 1.13. The fourth-order valence-electron chi connectivity index (χ4n) is 1.07. The van der Waals surface area contributed by atoms with E-state index in [2.05, 4.69) is 10.3 Å². The maximum absolute atomic E-state index is 2.97. The van der Waals surface area contributed by atoms with Gasteiger partial charge in [0.25, 0.3) is 7.55 Å². The molecule has 2 N–H and O–H groups in total. The third-order valence-electron chi connectivity index (χ3n) is 1.65. The van der Waals surface area contributed by atoms with Gasteiger partial charge in [0.05, 0.1) is 0 Å². The second kappa shape index (κ2) is 3.69. The third kappa shape index (κ3) is 1.65. The molecule has 0 bridgehead atoms. The number of hydrogen-bond acceptors (Lipinski definition) is 3. The van der Waals surface area contributed by atoms with Crippen molar-refractivity contribution in [1.29, 1.82) is 0 Å². The molecular formula is C6H7B3N3. The lowest BCUT2D eigenvalue weighted by molar-refractivity contribution is 1.31. The van der Waals surface area contributed by atoms with E-state index in [1.807, 2.05) is 50.2 Å². The summed E-state index contributed by atoms with van der Waals surface area (Å²) in [6, 6.07) is 10.1. The van der Waals surface area contributed by atoms with Gasteiger partial charge in [-0.05, 0) is 12.1 Å². The zero-order chi connectivity index (χ0) is 8.23. The average molecular weight is 154 g/mol. The largest absolute Gasteiger partial charge is 0.442 e. The van der Waals surface area contributed by atoms with Gasteiger partial charge in [-0.3, -0.25) is 0 Å². The first kappa shape index (κ1) is 7.77. The molecule has 1 fully saturated rings. The molecule has 12 heavy (non-hydrogen) atoms. The highest BCUT2D eigenvalue weighted by molar-refractivity contribution is 6.73. The molecule has 0 amide bonds. The Labute approximate surface area is 74.4 Å². The molecule has 0 saturated carbocycles. The molecule has 1 aromatic rings. The molecule has 6 heteroatoms. The highest BCUT2D eigenvalue weighted by Gasteiger charge is 2.13. The first-order valence-corrected chi connectivity index (χ1v) is 3.81. The maximum Gasteiger partial charge on any atom is 0.324 e. The van der Waals surface area contributed by atoms with E-state index in [-0.39, 0.29) is 0 Å². The molecule has 1 heterocycles. The molecule has 0 spiro atoms. The van der Waals surface area contributed by atoms with Gasteiger partial charge in [-0.2, -0.15) is 0 Å². The summed E-state index contributed by atoms with van der Waals surface area (Å²) >= 11 is 0. The van der Waals surface area contributed by atoms with Gasteiger partial charge in [0.1, 0.15) is 0 Å². The molecule has 0 aromatic heterocycles. The average Bonchev–Trinajstić information content (AvgIpc) is 2.21. The number of hydrogen-bond donors (Lipinski definition) is 2. The van der Waals surface area contributed by atoms with E-state index in [4.69, 9.17) is 0 Å². The lowest BCUT2D eigenvalue weighted by atomic mass is 9.80. The SMILES string of the molecule is [B]1N[B]N(c2ccccc2)[B]N1. The van der Waals surface area contributed by atoms with Crippen molar-refractivity contribution in [2.45, 2.75) is 0 Å². The van der Waals surface area contributed by atoms with E-state index in [1.54, 1.807) is 7.55 Å². The minimum Gasteiger partial charge on any atom is -0.442 e. The molecular weight excluding hydrogens is 147 g/mol. The Morgan fingerprint density at radius 3 is 2.33 bits per heavy atom. The number of nitrogens with zero attached hydrogens (tertiary/aromatic N) is 1. The van der Waals surface area contributed by atoms with Gasteiger partial charge in [0.15, 0.2) is 0 Å².